The summed E-state index contributed by atoms with van der Waals surface area (Å²) in [6.45, 7) is 0.811. The predicted octanol–water partition coefficient (Wildman–Crippen LogP) is 0.983. The van der Waals surface area contributed by atoms with Crippen molar-refractivity contribution in [1.29, 1.82) is 0 Å². The van der Waals surface area contributed by atoms with E-state index in [2.05, 4.69) is 11.6 Å². The van der Waals surface area contributed by atoms with Crippen LogP contribution in [0.1, 0.15) is 25.7 Å². The molecule has 0 heterocycles. The molecule has 3 N–H and O–H groups in total. The van der Waals surface area contributed by atoms with Gasteiger partial charge in [0.25, 0.3) is 0 Å². The van der Waals surface area contributed by atoms with Crippen molar-refractivity contribution < 1.29 is 4.79 Å². The fourth-order valence-corrected chi connectivity index (χ4v) is 2.26. The Kier molecular flexibility index (Phi) is 5.33. The maximum atomic E-state index is 11.6. The summed E-state index contributed by atoms with van der Waals surface area (Å²) < 4.78 is 0. The highest BCUT2D eigenvalue weighted by atomic mass is 32.2. The quantitative estimate of drug-likeness (QED) is 0.674. The van der Waals surface area contributed by atoms with Gasteiger partial charge in [-0.05, 0) is 37.7 Å². The van der Waals surface area contributed by atoms with Crippen LogP contribution in [0.25, 0.3) is 0 Å². The van der Waals surface area contributed by atoms with E-state index in [4.69, 9.17) is 5.73 Å². The molecule has 1 rings (SSSR count). The Bertz CT molecular complexity index is 187. The molecule has 2 unspecified atom stereocenters. The molecular formula is C10H20N2OS. The standard InChI is InChI=1S/C10H20N2OS/c1-14-6-2-5-12-10(13)8-3-4-9(11)7-8/h8-9H,2-7,11H2,1H3,(H,12,13). The number of hydrogen-bond donors (Lipinski definition) is 2. The van der Waals surface area contributed by atoms with Crippen molar-refractivity contribution in [2.45, 2.75) is 31.7 Å². The summed E-state index contributed by atoms with van der Waals surface area (Å²) in [4.78, 5) is 11.6. The third-order valence-electron chi connectivity index (χ3n) is 2.67. The Morgan fingerprint density at radius 3 is 2.93 bits per heavy atom. The molecule has 82 valence electrons. The molecule has 0 aromatic carbocycles. The van der Waals surface area contributed by atoms with Crippen LogP contribution in [0.3, 0.4) is 0 Å². The molecular weight excluding hydrogens is 196 g/mol. The van der Waals surface area contributed by atoms with Crippen molar-refractivity contribution in [2.75, 3.05) is 18.6 Å². The Morgan fingerprint density at radius 2 is 2.36 bits per heavy atom. The smallest absolute Gasteiger partial charge is 0.223 e. The molecule has 0 aromatic rings. The van der Waals surface area contributed by atoms with E-state index in [0.29, 0.717) is 0 Å². The first-order chi connectivity index (χ1) is 6.74. The molecule has 4 heteroatoms. The Balaban J connectivity index is 2.09. The van der Waals surface area contributed by atoms with Crippen LogP contribution in [0, 0.1) is 5.92 Å². The monoisotopic (exact) mass is 216 g/mol. The number of amides is 1. The van der Waals surface area contributed by atoms with Gasteiger partial charge in [-0.1, -0.05) is 0 Å². The lowest BCUT2D eigenvalue weighted by Crippen LogP contribution is -2.31. The van der Waals surface area contributed by atoms with Crippen LogP contribution < -0.4 is 11.1 Å². The van der Waals surface area contributed by atoms with Crippen LogP contribution in [0.2, 0.25) is 0 Å². The lowest BCUT2D eigenvalue weighted by molar-refractivity contribution is -0.124. The zero-order valence-corrected chi connectivity index (χ0v) is 9.61. The van der Waals surface area contributed by atoms with E-state index < -0.39 is 0 Å². The summed E-state index contributed by atoms with van der Waals surface area (Å²) >= 11 is 1.81. The zero-order valence-electron chi connectivity index (χ0n) is 8.79. The molecule has 1 aliphatic carbocycles. The summed E-state index contributed by atoms with van der Waals surface area (Å²) in [6, 6.07) is 0.247. The van der Waals surface area contributed by atoms with E-state index in [9.17, 15) is 4.79 Å². The normalized spacial score (nSPS) is 26.4. The van der Waals surface area contributed by atoms with Crippen molar-refractivity contribution in [3.63, 3.8) is 0 Å². The van der Waals surface area contributed by atoms with Gasteiger partial charge in [0.1, 0.15) is 0 Å². The minimum Gasteiger partial charge on any atom is -0.356 e. The molecule has 0 spiro atoms. The average molecular weight is 216 g/mol. The van der Waals surface area contributed by atoms with E-state index in [1.165, 1.54) is 0 Å². The zero-order chi connectivity index (χ0) is 10.4. The number of hydrogen-bond acceptors (Lipinski definition) is 3. The first kappa shape index (κ1) is 11.9. The highest BCUT2D eigenvalue weighted by molar-refractivity contribution is 7.98. The average Bonchev–Trinajstić information content (AvgIpc) is 2.59. The fourth-order valence-electron chi connectivity index (χ4n) is 1.83. The molecule has 1 saturated carbocycles. The van der Waals surface area contributed by atoms with Crippen molar-refractivity contribution >= 4 is 17.7 Å². The first-order valence-corrected chi connectivity index (χ1v) is 6.65. The third-order valence-corrected chi connectivity index (χ3v) is 3.37. The Morgan fingerprint density at radius 1 is 1.57 bits per heavy atom. The Hall–Kier alpha value is -0.220. The van der Waals surface area contributed by atoms with E-state index in [-0.39, 0.29) is 17.9 Å². The molecule has 14 heavy (non-hydrogen) atoms. The lowest BCUT2D eigenvalue weighted by Gasteiger charge is -2.10. The summed E-state index contributed by atoms with van der Waals surface area (Å²) in [6.07, 6.45) is 5.98. The van der Waals surface area contributed by atoms with Gasteiger partial charge < -0.3 is 11.1 Å². The van der Waals surface area contributed by atoms with Gasteiger partial charge in [-0.2, -0.15) is 11.8 Å². The molecule has 1 fully saturated rings. The fraction of sp³-hybridized carbons (Fsp3) is 0.900. The highest BCUT2D eigenvalue weighted by Gasteiger charge is 2.27. The largest absolute Gasteiger partial charge is 0.356 e. The number of carbonyl (C=O) groups excluding carboxylic acids is 1. The molecule has 0 radical (unpaired) electrons. The van der Waals surface area contributed by atoms with Crippen LogP contribution in [0.15, 0.2) is 0 Å². The highest BCUT2D eigenvalue weighted by Crippen LogP contribution is 2.23. The van der Waals surface area contributed by atoms with E-state index in [1.807, 2.05) is 11.8 Å². The van der Waals surface area contributed by atoms with Gasteiger partial charge >= 0.3 is 0 Å². The van der Waals surface area contributed by atoms with Crippen LogP contribution in [-0.4, -0.2) is 30.5 Å². The van der Waals surface area contributed by atoms with Crippen LogP contribution in [0.4, 0.5) is 0 Å². The van der Waals surface area contributed by atoms with Crippen LogP contribution in [-0.2, 0) is 4.79 Å². The maximum Gasteiger partial charge on any atom is 0.223 e. The minimum atomic E-state index is 0.180. The summed E-state index contributed by atoms with van der Waals surface area (Å²) in [5.74, 6) is 1.50. The third kappa shape index (κ3) is 3.88. The number of nitrogens with two attached hydrogens (primary N) is 1. The SMILES string of the molecule is CSCCCNC(=O)C1CCC(N)C1. The van der Waals surface area contributed by atoms with Crippen molar-refractivity contribution in [2.24, 2.45) is 11.7 Å². The second-order valence-corrected chi connectivity index (χ2v) is 4.89. The van der Waals surface area contributed by atoms with Gasteiger partial charge in [-0.25, -0.2) is 0 Å². The molecule has 3 nitrogen and oxygen atoms in total. The summed E-state index contributed by atoms with van der Waals surface area (Å²) in [5.41, 5.74) is 5.76. The number of carbonyl (C=O) groups is 1. The van der Waals surface area contributed by atoms with E-state index in [0.717, 1.165) is 38.0 Å². The molecule has 0 aliphatic heterocycles. The van der Waals surface area contributed by atoms with Gasteiger partial charge in [0.2, 0.25) is 5.91 Å². The molecule has 0 aromatic heterocycles. The summed E-state index contributed by atoms with van der Waals surface area (Å²) in [5, 5.41) is 2.97. The number of thioether (sulfide) groups is 1. The molecule has 1 amide bonds. The van der Waals surface area contributed by atoms with Gasteiger partial charge in [0.05, 0.1) is 0 Å². The van der Waals surface area contributed by atoms with Crippen molar-refractivity contribution in [1.82, 2.24) is 5.32 Å². The second-order valence-electron chi connectivity index (χ2n) is 3.91. The number of rotatable bonds is 5. The van der Waals surface area contributed by atoms with Gasteiger partial charge in [0.15, 0.2) is 0 Å². The molecule has 0 bridgehead atoms. The molecule has 0 saturated heterocycles. The van der Waals surface area contributed by atoms with Gasteiger partial charge in [0, 0.05) is 18.5 Å². The maximum absolute atomic E-state index is 11.6. The van der Waals surface area contributed by atoms with Gasteiger partial charge in [-0.15, -0.1) is 0 Å². The van der Waals surface area contributed by atoms with E-state index >= 15 is 0 Å². The minimum absolute atomic E-state index is 0.180. The van der Waals surface area contributed by atoms with Crippen molar-refractivity contribution in [3.8, 4) is 0 Å². The Labute approximate surface area is 90.2 Å². The van der Waals surface area contributed by atoms with Crippen LogP contribution in [0.5, 0.6) is 0 Å². The van der Waals surface area contributed by atoms with Crippen LogP contribution >= 0.6 is 11.8 Å². The molecule has 1 aliphatic rings. The van der Waals surface area contributed by atoms with Crippen molar-refractivity contribution in [3.05, 3.63) is 0 Å². The van der Waals surface area contributed by atoms with Gasteiger partial charge in [-0.3, -0.25) is 4.79 Å². The second kappa shape index (κ2) is 6.30. The molecule has 2 atom stereocenters. The summed E-state index contributed by atoms with van der Waals surface area (Å²) in [7, 11) is 0. The first-order valence-electron chi connectivity index (χ1n) is 5.26. The van der Waals surface area contributed by atoms with E-state index in [1.54, 1.807) is 0 Å². The predicted molar refractivity (Wildman–Crippen MR) is 61.3 cm³/mol. The topological polar surface area (TPSA) is 55.1 Å². The number of nitrogens with one attached hydrogen (secondary N) is 1. The lowest BCUT2D eigenvalue weighted by atomic mass is 10.1.